The summed E-state index contributed by atoms with van der Waals surface area (Å²) in [6, 6.07) is 3.98. The van der Waals surface area contributed by atoms with Crippen molar-refractivity contribution in [3.05, 3.63) is 22.4 Å². The van der Waals surface area contributed by atoms with Gasteiger partial charge in [0, 0.05) is 17.9 Å². The molecule has 76 valence electrons. The predicted octanol–water partition coefficient (Wildman–Crippen LogP) is 2.43. The molecule has 0 aromatic carbocycles. The van der Waals surface area contributed by atoms with Crippen molar-refractivity contribution in [2.24, 2.45) is 0 Å². The third-order valence-corrected chi connectivity index (χ3v) is 3.60. The molecule has 1 atom stereocenters. The molecule has 3 heteroatoms. The van der Waals surface area contributed by atoms with Gasteiger partial charge in [0.25, 0.3) is 0 Å². The molecular weight excluding hydrogens is 196 g/mol. The minimum Gasteiger partial charge on any atom is -0.367 e. The molecule has 1 aliphatic rings. The molecule has 14 heavy (non-hydrogen) atoms. The van der Waals surface area contributed by atoms with E-state index in [-0.39, 0.29) is 5.78 Å². The molecule has 0 N–H and O–H groups in total. The lowest BCUT2D eigenvalue weighted by molar-refractivity contribution is -0.136. The second kappa shape index (κ2) is 3.83. The summed E-state index contributed by atoms with van der Waals surface area (Å²) in [6.07, 6.45) is 2.40. The normalized spacial score (nSPS) is 26.6. The third-order valence-electron chi connectivity index (χ3n) is 2.72. The lowest BCUT2D eigenvalue weighted by Gasteiger charge is -2.20. The van der Waals surface area contributed by atoms with Gasteiger partial charge in [0.2, 0.25) is 0 Å². The zero-order chi connectivity index (χ0) is 10.0. The van der Waals surface area contributed by atoms with Gasteiger partial charge in [-0.3, -0.25) is 4.79 Å². The van der Waals surface area contributed by atoms with E-state index in [2.05, 4.69) is 0 Å². The van der Waals surface area contributed by atoms with Crippen LogP contribution in [0, 0.1) is 0 Å². The SMILES string of the molecule is CC1(C(=O)Cc2cccs2)CCCO1. The van der Waals surface area contributed by atoms with Crippen molar-refractivity contribution in [2.75, 3.05) is 6.61 Å². The minimum absolute atomic E-state index is 0.220. The van der Waals surface area contributed by atoms with Crippen LogP contribution in [0.2, 0.25) is 0 Å². The van der Waals surface area contributed by atoms with Crippen molar-refractivity contribution in [3.63, 3.8) is 0 Å². The van der Waals surface area contributed by atoms with Crippen LogP contribution in [-0.2, 0) is 16.0 Å². The van der Waals surface area contributed by atoms with Crippen LogP contribution in [0.25, 0.3) is 0 Å². The average Bonchev–Trinajstić information content (AvgIpc) is 2.76. The highest BCUT2D eigenvalue weighted by molar-refractivity contribution is 7.10. The maximum absolute atomic E-state index is 11.9. The van der Waals surface area contributed by atoms with Crippen LogP contribution in [-0.4, -0.2) is 18.0 Å². The standard InChI is InChI=1S/C11H14O2S/c1-11(5-3-6-13-11)10(12)8-9-4-2-7-14-9/h2,4,7H,3,5-6,8H2,1H3. The fourth-order valence-corrected chi connectivity index (χ4v) is 2.46. The van der Waals surface area contributed by atoms with Crippen molar-refractivity contribution in [1.82, 2.24) is 0 Å². The highest BCUT2D eigenvalue weighted by Gasteiger charge is 2.37. The van der Waals surface area contributed by atoms with Crippen LogP contribution in [0.4, 0.5) is 0 Å². The molecule has 1 aliphatic heterocycles. The van der Waals surface area contributed by atoms with E-state index in [4.69, 9.17) is 4.74 Å². The summed E-state index contributed by atoms with van der Waals surface area (Å²) in [5.41, 5.74) is -0.510. The van der Waals surface area contributed by atoms with Crippen LogP contribution in [0.1, 0.15) is 24.6 Å². The van der Waals surface area contributed by atoms with Crippen molar-refractivity contribution in [3.8, 4) is 0 Å². The topological polar surface area (TPSA) is 26.3 Å². The Morgan fingerprint density at radius 2 is 2.57 bits per heavy atom. The molecule has 2 nitrogen and oxygen atoms in total. The summed E-state index contributed by atoms with van der Waals surface area (Å²) in [4.78, 5) is 13.0. The quantitative estimate of drug-likeness (QED) is 0.766. The highest BCUT2D eigenvalue weighted by atomic mass is 32.1. The van der Waals surface area contributed by atoms with Crippen molar-refractivity contribution < 1.29 is 9.53 Å². The van der Waals surface area contributed by atoms with Crippen LogP contribution in [0.3, 0.4) is 0 Å². The molecular formula is C11H14O2S. The molecule has 1 aromatic rings. The zero-order valence-electron chi connectivity index (χ0n) is 8.29. The molecule has 2 rings (SSSR count). The van der Waals surface area contributed by atoms with E-state index in [0.29, 0.717) is 6.42 Å². The Hall–Kier alpha value is -0.670. The minimum atomic E-state index is -0.510. The average molecular weight is 210 g/mol. The van der Waals surface area contributed by atoms with Gasteiger partial charge in [0.1, 0.15) is 5.60 Å². The number of carbonyl (C=O) groups excluding carboxylic acids is 1. The summed E-state index contributed by atoms with van der Waals surface area (Å²) in [6.45, 7) is 2.64. The number of Topliss-reactive ketones (excluding diaryl/α,β-unsaturated/α-hetero) is 1. The first-order valence-electron chi connectivity index (χ1n) is 4.90. The Morgan fingerprint density at radius 1 is 1.71 bits per heavy atom. The number of ketones is 1. The van der Waals surface area contributed by atoms with Crippen molar-refractivity contribution >= 4 is 17.1 Å². The summed E-state index contributed by atoms with van der Waals surface area (Å²) in [5.74, 6) is 0.220. The Morgan fingerprint density at radius 3 is 3.14 bits per heavy atom. The van der Waals surface area contributed by atoms with Gasteiger partial charge >= 0.3 is 0 Å². The van der Waals surface area contributed by atoms with Crippen LogP contribution in [0.5, 0.6) is 0 Å². The molecule has 0 bridgehead atoms. The van der Waals surface area contributed by atoms with Gasteiger partial charge in [-0.2, -0.15) is 0 Å². The molecule has 0 spiro atoms. The number of ether oxygens (including phenoxy) is 1. The van der Waals surface area contributed by atoms with E-state index in [0.717, 1.165) is 24.3 Å². The molecule has 0 saturated carbocycles. The zero-order valence-corrected chi connectivity index (χ0v) is 9.10. The molecule has 1 fully saturated rings. The Kier molecular flexibility index (Phi) is 2.70. The smallest absolute Gasteiger partial charge is 0.169 e. The van der Waals surface area contributed by atoms with E-state index in [9.17, 15) is 4.79 Å². The number of carbonyl (C=O) groups is 1. The Balaban J connectivity index is 2.02. The maximum atomic E-state index is 11.9. The highest BCUT2D eigenvalue weighted by Crippen LogP contribution is 2.27. The molecule has 0 radical (unpaired) electrons. The number of hydrogen-bond acceptors (Lipinski definition) is 3. The maximum Gasteiger partial charge on any atom is 0.169 e. The van der Waals surface area contributed by atoms with Gasteiger partial charge in [-0.1, -0.05) is 6.07 Å². The molecule has 2 heterocycles. The van der Waals surface area contributed by atoms with Gasteiger partial charge < -0.3 is 4.74 Å². The predicted molar refractivity (Wildman–Crippen MR) is 56.6 cm³/mol. The van der Waals surface area contributed by atoms with E-state index in [1.54, 1.807) is 11.3 Å². The largest absolute Gasteiger partial charge is 0.367 e. The van der Waals surface area contributed by atoms with Crippen LogP contribution in [0.15, 0.2) is 17.5 Å². The molecule has 0 aliphatic carbocycles. The van der Waals surface area contributed by atoms with E-state index in [1.165, 1.54) is 0 Å². The van der Waals surface area contributed by atoms with Gasteiger partial charge in [0.05, 0.1) is 0 Å². The van der Waals surface area contributed by atoms with Crippen LogP contribution < -0.4 is 0 Å². The lowest BCUT2D eigenvalue weighted by Crippen LogP contribution is -2.35. The third kappa shape index (κ3) is 1.88. The Labute approximate surface area is 87.9 Å². The first-order valence-corrected chi connectivity index (χ1v) is 5.78. The van der Waals surface area contributed by atoms with Crippen molar-refractivity contribution in [1.29, 1.82) is 0 Å². The number of hydrogen-bond donors (Lipinski definition) is 0. The van der Waals surface area contributed by atoms with Gasteiger partial charge in [-0.15, -0.1) is 11.3 Å². The summed E-state index contributed by atoms with van der Waals surface area (Å²) in [5, 5.41) is 2.00. The molecule has 1 saturated heterocycles. The molecule has 0 amide bonds. The van der Waals surface area contributed by atoms with E-state index in [1.807, 2.05) is 24.4 Å². The number of rotatable bonds is 3. The molecule has 1 aromatic heterocycles. The van der Waals surface area contributed by atoms with Crippen LogP contribution >= 0.6 is 11.3 Å². The summed E-state index contributed by atoms with van der Waals surface area (Å²) < 4.78 is 5.51. The van der Waals surface area contributed by atoms with E-state index < -0.39 is 5.60 Å². The summed E-state index contributed by atoms with van der Waals surface area (Å²) in [7, 11) is 0. The lowest BCUT2D eigenvalue weighted by atomic mass is 9.95. The first-order chi connectivity index (χ1) is 6.71. The fraction of sp³-hybridized carbons (Fsp3) is 0.545. The van der Waals surface area contributed by atoms with Gasteiger partial charge in [-0.25, -0.2) is 0 Å². The van der Waals surface area contributed by atoms with Gasteiger partial charge in [-0.05, 0) is 31.2 Å². The molecule has 1 unspecified atom stereocenters. The second-order valence-corrected chi connectivity index (χ2v) is 4.89. The first kappa shape index (κ1) is 9.87. The second-order valence-electron chi connectivity index (χ2n) is 3.86. The van der Waals surface area contributed by atoms with Gasteiger partial charge in [0.15, 0.2) is 5.78 Å². The monoisotopic (exact) mass is 210 g/mol. The fourth-order valence-electron chi connectivity index (χ4n) is 1.76. The Bertz CT molecular complexity index is 310. The number of thiophene rings is 1. The van der Waals surface area contributed by atoms with Crippen molar-refractivity contribution in [2.45, 2.75) is 31.8 Å². The van der Waals surface area contributed by atoms with E-state index >= 15 is 0 Å². The summed E-state index contributed by atoms with van der Waals surface area (Å²) >= 11 is 1.63.